The molecule has 1 aromatic heterocycles. The van der Waals surface area contributed by atoms with Crippen molar-refractivity contribution in [2.75, 3.05) is 14.2 Å². The van der Waals surface area contributed by atoms with Crippen LogP contribution in [-0.2, 0) is 14.8 Å². The molecule has 1 aromatic rings. The van der Waals surface area contributed by atoms with Crippen molar-refractivity contribution in [1.82, 2.24) is 4.72 Å². The van der Waals surface area contributed by atoms with Gasteiger partial charge < -0.3 is 4.74 Å². The molecule has 0 aliphatic heterocycles. The van der Waals surface area contributed by atoms with Crippen LogP contribution in [-0.4, -0.2) is 28.5 Å². The molecule has 0 fully saturated rings. The molecule has 14 heavy (non-hydrogen) atoms. The highest BCUT2D eigenvalue weighted by Crippen LogP contribution is 2.21. The molecule has 78 valence electrons. The molecule has 0 aliphatic rings. The number of carbonyl (C=O) groups is 1. The highest BCUT2D eigenvalue weighted by molar-refractivity contribution is 7.91. The molecule has 0 amide bonds. The Morgan fingerprint density at radius 2 is 2.14 bits per heavy atom. The summed E-state index contributed by atoms with van der Waals surface area (Å²) in [5, 5.41) is 0. The average molecular weight is 235 g/mol. The smallest absolute Gasteiger partial charge is 0.348 e. The molecular weight excluding hydrogens is 226 g/mol. The molecular formula is C7H9NO4S2. The zero-order valence-electron chi connectivity index (χ0n) is 7.60. The Labute approximate surface area is 85.8 Å². The molecule has 7 heteroatoms. The fourth-order valence-electron chi connectivity index (χ4n) is 0.775. The van der Waals surface area contributed by atoms with Gasteiger partial charge in [0, 0.05) is 0 Å². The monoisotopic (exact) mass is 235 g/mol. The highest BCUT2D eigenvalue weighted by Gasteiger charge is 2.17. The van der Waals surface area contributed by atoms with Crippen molar-refractivity contribution in [3.8, 4) is 0 Å². The van der Waals surface area contributed by atoms with Crippen LogP contribution < -0.4 is 4.72 Å². The lowest BCUT2D eigenvalue weighted by Crippen LogP contribution is -2.17. The van der Waals surface area contributed by atoms with Crippen LogP contribution in [0.25, 0.3) is 0 Å². The van der Waals surface area contributed by atoms with Gasteiger partial charge in [-0.2, -0.15) is 0 Å². The molecule has 0 spiro atoms. The van der Waals surface area contributed by atoms with Crippen LogP contribution in [0.15, 0.2) is 16.3 Å². The molecule has 1 heterocycles. The van der Waals surface area contributed by atoms with Crippen molar-refractivity contribution in [2.24, 2.45) is 0 Å². The number of sulfonamides is 1. The Kier molecular flexibility index (Phi) is 3.25. The SMILES string of the molecule is CNS(=O)(=O)c1ccc(C(=O)OC)s1. The van der Waals surface area contributed by atoms with E-state index in [9.17, 15) is 13.2 Å². The van der Waals surface area contributed by atoms with E-state index in [0.717, 1.165) is 11.3 Å². The van der Waals surface area contributed by atoms with Gasteiger partial charge in [0.1, 0.15) is 9.09 Å². The first kappa shape index (κ1) is 11.2. The summed E-state index contributed by atoms with van der Waals surface area (Å²) in [6.07, 6.45) is 0. The maximum atomic E-state index is 11.3. The number of carbonyl (C=O) groups excluding carboxylic acids is 1. The van der Waals surface area contributed by atoms with Crippen molar-refractivity contribution >= 4 is 27.3 Å². The minimum Gasteiger partial charge on any atom is -0.465 e. The summed E-state index contributed by atoms with van der Waals surface area (Å²) in [7, 11) is -0.902. The van der Waals surface area contributed by atoms with Crippen molar-refractivity contribution in [3.63, 3.8) is 0 Å². The third-order valence-corrected chi connectivity index (χ3v) is 4.47. The predicted molar refractivity (Wildman–Crippen MR) is 51.9 cm³/mol. The second-order valence-electron chi connectivity index (χ2n) is 2.32. The maximum Gasteiger partial charge on any atom is 0.348 e. The number of nitrogens with one attached hydrogen (secondary N) is 1. The maximum absolute atomic E-state index is 11.3. The third-order valence-electron chi connectivity index (χ3n) is 1.50. The van der Waals surface area contributed by atoms with E-state index in [0.29, 0.717) is 0 Å². The summed E-state index contributed by atoms with van der Waals surface area (Å²) in [6.45, 7) is 0. The molecule has 1 rings (SSSR count). The van der Waals surface area contributed by atoms with E-state index >= 15 is 0 Å². The quantitative estimate of drug-likeness (QED) is 0.772. The van der Waals surface area contributed by atoms with Gasteiger partial charge in [0.15, 0.2) is 0 Å². The largest absolute Gasteiger partial charge is 0.465 e. The van der Waals surface area contributed by atoms with Gasteiger partial charge in [-0.05, 0) is 19.2 Å². The van der Waals surface area contributed by atoms with E-state index in [1.54, 1.807) is 0 Å². The van der Waals surface area contributed by atoms with Crippen molar-refractivity contribution < 1.29 is 17.9 Å². The van der Waals surface area contributed by atoms with E-state index in [-0.39, 0.29) is 9.09 Å². The molecule has 0 unspecified atom stereocenters. The first-order valence-electron chi connectivity index (χ1n) is 3.63. The van der Waals surface area contributed by atoms with Gasteiger partial charge in [-0.15, -0.1) is 11.3 Å². The molecule has 0 aliphatic carbocycles. The normalized spacial score (nSPS) is 11.3. The van der Waals surface area contributed by atoms with Crippen LogP contribution >= 0.6 is 11.3 Å². The number of rotatable bonds is 3. The Bertz CT molecular complexity index is 434. The van der Waals surface area contributed by atoms with Gasteiger partial charge in [0.2, 0.25) is 10.0 Å². The van der Waals surface area contributed by atoms with Gasteiger partial charge in [0.25, 0.3) is 0 Å². The molecule has 0 atom stereocenters. The second kappa shape index (κ2) is 4.07. The summed E-state index contributed by atoms with van der Waals surface area (Å²) < 4.78 is 29.3. The first-order valence-corrected chi connectivity index (χ1v) is 5.93. The molecule has 5 nitrogen and oxygen atoms in total. The number of esters is 1. The summed E-state index contributed by atoms with van der Waals surface area (Å²) in [5.41, 5.74) is 0. The lowest BCUT2D eigenvalue weighted by molar-refractivity contribution is 0.0606. The zero-order valence-corrected chi connectivity index (χ0v) is 9.24. The summed E-state index contributed by atoms with van der Waals surface area (Å²) in [4.78, 5) is 11.3. The van der Waals surface area contributed by atoms with E-state index in [1.807, 2.05) is 0 Å². The average Bonchev–Trinajstić information content (AvgIpc) is 2.66. The van der Waals surface area contributed by atoms with Crippen molar-refractivity contribution in [2.45, 2.75) is 4.21 Å². The van der Waals surface area contributed by atoms with Crippen molar-refractivity contribution in [3.05, 3.63) is 17.0 Å². The minimum atomic E-state index is -3.46. The Morgan fingerprint density at radius 3 is 2.64 bits per heavy atom. The standard InChI is InChI=1S/C7H9NO4S2/c1-8-14(10,11)6-4-3-5(13-6)7(9)12-2/h3-4,8H,1-2H3. The van der Waals surface area contributed by atoms with Crippen LogP contribution in [0.3, 0.4) is 0 Å². The van der Waals surface area contributed by atoms with Gasteiger partial charge in [-0.1, -0.05) is 0 Å². The fraction of sp³-hybridized carbons (Fsp3) is 0.286. The Balaban J connectivity index is 3.06. The molecule has 1 N–H and O–H groups in total. The van der Waals surface area contributed by atoms with Crippen LogP contribution in [0.5, 0.6) is 0 Å². The number of thiophene rings is 1. The third kappa shape index (κ3) is 2.11. The minimum absolute atomic E-state index is 0.0976. The summed E-state index contributed by atoms with van der Waals surface area (Å²) in [6, 6.07) is 2.78. The van der Waals surface area contributed by atoms with Crippen LogP contribution in [0.2, 0.25) is 0 Å². The van der Waals surface area contributed by atoms with E-state index in [4.69, 9.17) is 0 Å². The van der Waals surface area contributed by atoms with Gasteiger partial charge in [0.05, 0.1) is 7.11 Å². The van der Waals surface area contributed by atoms with Crippen molar-refractivity contribution in [1.29, 1.82) is 0 Å². The second-order valence-corrected chi connectivity index (χ2v) is 5.51. The van der Waals surface area contributed by atoms with Crippen LogP contribution in [0.4, 0.5) is 0 Å². The number of ether oxygens (including phenoxy) is 1. The molecule has 0 aromatic carbocycles. The Hall–Kier alpha value is -0.920. The van der Waals surface area contributed by atoms with Gasteiger partial charge >= 0.3 is 5.97 Å². The molecule has 0 saturated carbocycles. The van der Waals surface area contributed by atoms with E-state index < -0.39 is 16.0 Å². The lowest BCUT2D eigenvalue weighted by atomic mass is 10.5. The first-order chi connectivity index (χ1) is 6.51. The van der Waals surface area contributed by atoms with E-state index in [1.165, 1.54) is 26.3 Å². The highest BCUT2D eigenvalue weighted by atomic mass is 32.2. The molecule has 0 saturated heterocycles. The van der Waals surface area contributed by atoms with Gasteiger partial charge in [-0.3, -0.25) is 0 Å². The number of hydrogen-bond acceptors (Lipinski definition) is 5. The van der Waals surface area contributed by atoms with Crippen LogP contribution in [0, 0.1) is 0 Å². The molecule has 0 bridgehead atoms. The topological polar surface area (TPSA) is 72.5 Å². The lowest BCUT2D eigenvalue weighted by Gasteiger charge is -1.96. The summed E-state index contributed by atoms with van der Waals surface area (Å²) >= 11 is 0.872. The van der Waals surface area contributed by atoms with E-state index in [2.05, 4.69) is 9.46 Å². The van der Waals surface area contributed by atoms with Crippen LogP contribution in [0.1, 0.15) is 9.67 Å². The summed E-state index contributed by atoms with van der Waals surface area (Å²) in [5.74, 6) is -0.535. The fourth-order valence-corrected chi connectivity index (χ4v) is 2.84. The number of methoxy groups -OCH3 is 1. The predicted octanol–water partition coefficient (Wildman–Crippen LogP) is 0.443. The zero-order chi connectivity index (χ0) is 10.8. The number of hydrogen-bond donors (Lipinski definition) is 1. The van der Waals surface area contributed by atoms with Gasteiger partial charge in [-0.25, -0.2) is 17.9 Å². The molecule has 0 radical (unpaired) electrons. The Morgan fingerprint density at radius 1 is 1.50 bits per heavy atom.